The molecule has 0 spiro atoms. The van der Waals surface area contributed by atoms with Gasteiger partial charge in [0.05, 0.1) is 0 Å². The Morgan fingerprint density at radius 3 is 1.67 bits per heavy atom. The third-order valence-electron chi connectivity index (χ3n) is 3.39. The van der Waals surface area contributed by atoms with Gasteiger partial charge in [0.1, 0.15) is 6.10 Å². The number of unbranched alkanes of at least 4 members (excludes halogenated alkanes) is 10. The van der Waals surface area contributed by atoms with Crippen LogP contribution in [0.15, 0.2) is 0 Å². The third-order valence-corrected chi connectivity index (χ3v) is 3.39. The highest BCUT2D eigenvalue weighted by Gasteiger charge is 1.98. The molecule has 1 unspecified atom stereocenters. The molecule has 18 heavy (non-hydrogen) atoms. The summed E-state index contributed by atoms with van der Waals surface area (Å²) in [6.07, 6.45) is 15.3. The van der Waals surface area contributed by atoms with Crippen LogP contribution < -0.4 is 0 Å². The molecule has 1 nitrogen and oxygen atoms in total. The van der Waals surface area contributed by atoms with Gasteiger partial charge in [0.2, 0.25) is 0 Å². The first-order chi connectivity index (χ1) is 8.81. The quantitative estimate of drug-likeness (QED) is 0.380. The molecule has 0 heterocycles. The van der Waals surface area contributed by atoms with E-state index in [4.69, 9.17) is 0 Å². The summed E-state index contributed by atoms with van der Waals surface area (Å²) in [5.41, 5.74) is 0. The highest BCUT2D eigenvalue weighted by atomic mass is 16.3. The fourth-order valence-electron chi connectivity index (χ4n) is 2.24. The summed E-state index contributed by atoms with van der Waals surface area (Å²) in [5.74, 6) is 5.54. The molecule has 1 atom stereocenters. The summed E-state index contributed by atoms with van der Waals surface area (Å²) in [6.45, 7) is 4.05. The maximum absolute atomic E-state index is 9.42. The van der Waals surface area contributed by atoms with Gasteiger partial charge in [-0.15, -0.1) is 5.92 Å². The van der Waals surface area contributed by atoms with Gasteiger partial charge in [-0.05, 0) is 19.8 Å². The third kappa shape index (κ3) is 13.6. The van der Waals surface area contributed by atoms with Gasteiger partial charge in [0.15, 0.2) is 0 Å². The Kier molecular flexibility index (Phi) is 14.2. The molecule has 1 heteroatoms. The first kappa shape index (κ1) is 17.5. The standard InChI is InChI=1S/C17H32O/c1-3-5-6-7-8-9-10-11-12-13-14-16-17(18)15-4-2/h17-18H,3,5-14,16H2,1-2H3. The molecule has 0 saturated carbocycles. The summed E-state index contributed by atoms with van der Waals surface area (Å²) in [5, 5.41) is 9.42. The van der Waals surface area contributed by atoms with Crippen LogP contribution in [0.1, 0.15) is 90.9 Å². The molecule has 0 aromatic carbocycles. The molecular weight excluding hydrogens is 220 g/mol. The van der Waals surface area contributed by atoms with E-state index in [9.17, 15) is 5.11 Å². The Balaban J connectivity index is 3.04. The van der Waals surface area contributed by atoms with Gasteiger partial charge in [-0.3, -0.25) is 0 Å². The number of hydrogen-bond acceptors (Lipinski definition) is 1. The van der Waals surface area contributed by atoms with Crippen molar-refractivity contribution in [2.45, 2.75) is 97.0 Å². The zero-order valence-electron chi connectivity index (χ0n) is 12.5. The minimum atomic E-state index is -0.395. The number of hydrogen-bond donors (Lipinski definition) is 1. The van der Waals surface area contributed by atoms with Crippen LogP contribution in [0.25, 0.3) is 0 Å². The van der Waals surface area contributed by atoms with E-state index in [1.165, 1.54) is 64.2 Å². The molecule has 0 aliphatic rings. The van der Waals surface area contributed by atoms with Crippen LogP contribution in [0.4, 0.5) is 0 Å². The fraction of sp³-hybridized carbons (Fsp3) is 0.882. The van der Waals surface area contributed by atoms with Crippen molar-refractivity contribution in [3.8, 4) is 11.8 Å². The van der Waals surface area contributed by atoms with Gasteiger partial charge in [-0.1, -0.05) is 77.1 Å². The molecule has 0 saturated heterocycles. The molecule has 0 radical (unpaired) electrons. The van der Waals surface area contributed by atoms with Gasteiger partial charge in [0, 0.05) is 0 Å². The normalized spacial score (nSPS) is 11.9. The first-order valence-corrected chi connectivity index (χ1v) is 7.91. The SMILES string of the molecule is CC#CC(O)CCCCCCCCCCCCC. The van der Waals surface area contributed by atoms with Crippen molar-refractivity contribution in [2.75, 3.05) is 0 Å². The fourth-order valence-corrected chi connectivity index (χ4v) is 2.24. The lowest BCUT2D eigenvalue weighted by Crippen LogP contribution is -2.01. The lowest BCUT2D eigenvalue weighted by molar-refractivity contribution is 0.217. The van der Waals surface area contributed by atoms with Gasteiger partial charge >= 0.3 is 0 Å². The second-order valence-corrected chi connectivity index (χ2v) is 5.23. The molecule has 0 amide bonds. The van der Waals surface area contributed by atoms with E-state index in [-0.39, 0.29) is 0 Å². The Morgan fingerprint density at radius 2 is 1.22 bits per heavy atom. The Morgan fingerprint density at radius 1 is 0.778 bits per heavy atom. The van der Waals surface area contributed by atoms with Crippen LogP contribution in [-0.4, -0.2) is 11.2 Å². The van der Waals surface area contributed by atoms with Crippen molar-refractivity contribution >= 4 is 0 Å². The maximum atomic E-state index is 9.42. The van der Waals surface area contributed by atoms with E-state index in [0.29, 0.717) is 0 Å². The highest BCUT2D eigenvalue weighted by Crippen LogP contribution is 2.12. The second kappa shape index (κ2) is 14.6. The maximum Gasteiger partial charge on any atom is 0.114 e. The van der Waals surface area contributed by atoms with E-state index in [2.05, 4.69) is 18.8 Å². The average Bonchev–Trinajstić information content (AvgIpc) is 2.36. The summed E-state index contributed by atoms with van der Waals surface area (Å²) < 4.78 is 0. The summed E-state index contributed by atoms with van der Waals surface area (Å²) in [4.78, 5) is 0. The Bertz CT molecular complexity index is 211. The molecule has 0 rings (SSSR count). The average molecular weight is 252 g/mol. The van der Waals surface area contributed by atoms with E-state index >= 15 is 0 Å². The predicted molar refractivity (Wildman–Crippen MR) is 80.5 cm³/mol. The van der Waals surface area contributed by atoms with Crippen LogP contribution in [0.5, 0.6) is 0 Å². The van der Waals surface area contributed by atoms with Gasteiger partial charge in [-0.2, -0.15) is 0 Å². The zero-order valence-corrected chi connectivity index (χ0v) is 12.5. The minimum Gasteiger partial charge on any atom is -0.380 e. The summed E-state index contributed by atoms with van der Waals surface area (Å²) >= 11 is 0. The number of aliphatic hydroxyl groups excluding tert-OH is 1. The summed E-state index contributed by atoms with van der Waals surface area (Å²) in [7, 11) is 0. The molecule has 0 aromatic rings. The van der Waals surface area contributed by atoms with E-state index in [0.717, 1.165) is 12.8 Å². The summed E-state index contributed by atoms with van der Waals surface area (Å²) in [6, 6.07) is 0. The molecule has 0 aliphatic heterocycles. The van der Waals surface area contributed by atoms with E-state index in [1.807, 2.05) is 0 Å². The van der Waals surface area contributed by atoms with Crippen molar-refractivity contribution in [2.24, 2.45) is 0 Å². The smallest absolute Gasteiger partial charge is 0.114 e. The topological polar surface area (TPSA) is 20.2 Å². The largest absolute Gasteiger partial charge is 0.380 e. The molecule has 1 N–H and O–H groups in total. The van der Waals surface area contributed by atoms with Crippen molar-refractivity contribution < 1.29 is 5.11 Å². The van der Waals surface area contributed by atoms with Crippen LogP contribution in [0.3, 0.4) is 0 Å². The number of aliphatic hydroxyl groups is 1. The van der Waals surface area contributed by atoms with Crippen molar-refractivity contribution in [1.29, 1.82) is 0 Å². The Hall–Kier alpha value is -0.480. The molecule has 106 valence electrons. The molecule has 0 aromatic heterocycles. The van der Waals surface area contributed by atoms with E-state index in [1.54, 1.807) is 6.92 Å². The molecule has 0 bridgehead atoms. The lowest BCUT2D eigenvalue weighted by Gasteiger charge is -2.04. The minimum absolute atomic E-state index is 0.395. The zero-order chi connectivity index (χ0) is 13.5. The number of rotatable bonds is 12. The molecular formula is C17H32O. The highest BCUT2D eigenvalue weighted by molar-refractivity contribution is 5.01. The van der Waals surface area contributed by atoms with Crippen LogP contribution in [-0.2, 0) is 0 Å². The Labute approximate surface area is 114 Å². The van der Waals surface area contributed by atoms with Crippen LogP contribution in [0, 0.1) is 11.8 Å². The van der Waals surface area contributed by atoms with E-state index < -0.39 is 6.10 Å². The van der Waals surface area contributed by atoms with Gasteiger partial charge in [-0.25, -0.2) is 0 Å². The van der Waals surface area contributed by atoms with Crippen molar-refractivity contribution in [1.82, 2.24) is 0 Å². The van der Waals surface area contributed by atoms with Crippen molar-refractivity contribution in [3.05, 3.63) is 0 Å². The monoisotopic (exact) mass is 252 g/mol. The molecule has 0 aliphatic carbocycles. The van der Waals surface area contributed by atoms with Crippen molar-refractivity contribution in [3.63, 3.8) is 0 Å². The lowest BCUT2D eigenvalue weighted by atomic mass is 10.0. The van der Waals surface area contributed by atoms with Crippen LogP contribution >= 0.6 is 0 Å². The predicted octanol–water partition coefficient (Wildman–Crippen LogP) is 5.07. The van der Waals surface area contributed by atoms with Crippen LogP contribution in [0.2, 0.25) is 0 Å². The molecule has 0 fully saturated rings. The van der Waals surface area contributed by atoms with Gasteiger partial charge < -0.3 is 5.11 Å². The first-order valence-electron chi connectivity index (χ1n) is 7.91. The van der Waals surface area contributed by atoms with Gasteiger partial charge in [0.25, 0.3) is 0 Å². The second-order valence-electron chi connectivity index (χ2n) is 5.23.